The highest BCUT2D eigenvalue weighted by Crippen LogP contribution is 2.32. The molecule has 0 aliphatic carbocycles. The fourth-order valence-corrected chi connectivity index (χ4v) is 2.15. The molecule has 1 aromatic rings. The third-order valence-corrected chi connectivity index (χ3v) is 3.10. The minimum absolute atomic E-state index is 0.230. The van der Waals surface area contributed by atoms with E-state index in [9.17, 15) is 4.39 Å². The van der Waals surface area contributed by atoms with Crippen LogP contribution in [0.3, 0.4) is 0 Å². The van der Waals surface area contributed by atoms with E-state index in [1.807, 2.05) is 0 Å². The van der Waals surface area contributed by atoms with Crippen LogP contribution < -0.4 is 15.4 Å². The van der Waals surface area contributed by atoms with Crippen molar-refractivity contribution in [3.8, 4) is 5.75 Å². The Hall–Kier alpha value is -1.29. The maximum Gasteiger partial charge on any atom is 0.142 e. The number of nitrogens with two attached hydrogens (primary N) is 1. The van der Waals surface area contributed by atoms with Crippen LogP contribution in [0.25, 0.3) is 0 Å². The molecule has 2 rings (SSSR count). The molecular formula is C12H17FN2O. The maximum absolute atomic E-state index is 13.2. The van der Waals surface area contributed by atoms with Gasteiger partial charge in [-0.2, -0.15) is 0 Å². The number of methoxy groups -OCH3 is 1. The predicted molar refractivity (Wildman–Crippen MR) is 62.3 cm³/mol. The van der Waals surface area contributed by atoms with E-state index >= 15 is 0 Å². The van der Waals surface area contributed by atoms with E-state index < -0.39 is 0 Å². The largest absolute Gasteiger partial charge is 0.495 e. The molecule has 16 heavy (non-hydrogen) atoms. The second kappa shape index (κ2) is 4.70. The zero-order chi connectivity index (χ0) is 11.5. The quantitative estimate of drug-likeness (QED) is 0.848. The molecule has 1 atom stereocenters. The molecule has 0 saturated carbocycles. The monoisotopic (exact) mass is 224 g/mol. The van der Waals surface area contributed by atoms with Crippen LogP contribution in [0, 0.1) is 11.7 Å². The van der Waals surface area contributed by atoms with E-state index in [2.05, 4.69) is 4.90 Å². The van der Waals surface area contributed by atoms with Gasteiger partial charge in [-0.15, -0.1) is 0 Å². The average molecular weight is 224 g/mol. The Morgan fingerprint density at radius 3 is 3.00 bits per heavy atom. The smallest absolute Gasteiger partial charge is 0.142 e. The minimum atomic E-state index is -0.230. The Morgan fingerprint density at radius 1 is 1.56 bits per heavy atom. The number of rotatable bonds is 3. The van der Waals surface area contributed by atoms with Gasteiger partial charge in [-0.3, -0.25) is 0 Å². The molecule has 0 radical (unpaired) electrons. The van der Waals surface area contributed by atoms with Crippen molar-refractivity contribution >= 4 is 5.69 Å². The molecule has 1 aromatic carbocycles. The molecule has 4 heteroatoms. The van der Waals surface area contributed by atoms with Crippen LogP contribution in [0.1, 0.15) is 6.42 Å². The summed E-state index contributed by atoms with van der Waals surface area (Å²) < 4.78 is 18.5. The molecule has 1 saturated heterocycles. The van der Waals surface area contributed by atoms with Crippen molar-refractivity contribution in [1.82, 2.24) is 0 Å². The number of hydrogen-bond acceptors (Lipinski definition) is 3. The van der Waals surface area contributed by atoms with E-state index in [1.165, 1.54) is 12.1 Å². The summed E-state index contributed by atoms with van der Waals surface area (Å²) in [6, 6.07) is 4.61. The van der Waals surface area contributed by atoms with Gasteiger partial charge in [-0.25, -0.2) is 4.39 Å². The summed E-state index contributed by atoms with van der Waals surface area (Å²) in [5.74, 6) is 0.999. The Labute approximate surface area is 95.0 Å². The molecule has 0 aromatic heterocycles. The zero-order valence-corrected chi connectivity index (χ0v) is 9.45. The summed E-state index contributed by atoms with van der Waals surface area (Å²) in [4.78, 5) is 2.14. The van der Waals surface area contributed by atoms with Gasteiger partial charge in [0.2, 0.25) is 0 Å². The van der Waals surface area contributed by atoms with Crippen molar-refractivity contribution in [2.75, 3.05) is 31.6 Å². The Morgan fingerprint density at radius 2 is 2.38 bits per heavy atom. The van der Waals surface area contributed by atoms with Crippen LogP contribution in [0.15, 0.2) is 18.2 Å². The van der Waals surface area contributed by atoms with Crippen LogP contribution in [0.5, 0.6) is 5.75 Å². The van der Waals surface area contributed by atoms with Gasteiger partial charge in [-0.05, 0) is 31.0 Å². The number of nitrogens with zero attached hydrogens (tertiary/aromatic N) is 1. The molecule has 0 amide bonds. The van der Waals surface area contributed by atoms with E-state index in [4.69, 9.17) is 10.5 Å². The van der Waals surface area contributed by atoms with Gasteiger partial charge in [0.15, 0.2) is 0 Å². The number of halogens is 1. The van der Waals surface area contributed by atoms with Crippen LogP contribution in [0.2, 0.25) is 0 Å². The molecule has 3 nitrogen and oxygen atoms in total. The van der Waals surface area contributed by atoms with Crippen molar-refractivity contribution in [3.63, 3.8) is 0 Å². The van der Waals surface area contributed by atoms with E-state index in [0.717, 1.165) is 30.9 Å². The Kier molecular flexibility index (Phi) is 3.29. The molecule has 88 valence electrons. The van der Waals surface area contributed by atoms with Crippen molar-refractivity contribution in [2.45, 2.75) is 6.42 Å². The van der Waals surface area contributed by atoms with Crippen molar-refractivity contribution < 1.29 is 9.13 Å². The Balaban J connectivity index is 2.22. The van der Waals surface area contributed by atoms with Gasteiger partial charge in [0.1, 0.15) is 11.6 Å². The first-order chi connectivity index (χ1) is 7.74. The summed E-state index contributed by atoms with van der Waals surface area (Å²) >= 11 is 0. The molecule has 1 heterocycles. The molecule has 1 aliphatic heterocycles. The number of hydrogen-bond donors (Lipinski definition) is 1. The molecule has 1 fully saturated rings. The highest BCUT2D eigenvalue weighted by molar-refractivity contribution is 5.59. The van der Waals surface area contributed by atoms with Crippen molar-refractivity contribution in [1.29, 1.82) is 0 Å². The zero-order valence-electron chi connectivity index (χ0n) is 9.45. The highest BCUT2D eigenvalue weighted by atomic mass is 19.1. The minimum Gasteiger partial charge on any atom is -0.495 e. The number of anilines is 1. The summed E-state index contributed by atoms with van der Waals surface area (Å²) in [7, 11) is 1.60. The standard InChI is InChI=1S/C12H17FN2O/c1-16-12-3-2-10(13)6-11(12)15-5-4-9(7-14)8-15/h2-3,6,9H,4-5,7-8,14H2,1H3. The topological polar surface area (TPSA) is 38.5 Å². The first-order valence-corrected chi connectivity index (χ1v) is 5.53. The predicted octanol–water partition coefficient (Wildman–Crippen LogP) is 1.62. The summed E-state index contributed by atoms with van der Waals surface area (Å²) in [6.07, 6.45) is 1.07. The van der Waals surface area contributed by atoms with Crippen LogP contribution in [-0.4, -0.2) is 26.7 Å². The molecule has 1 aliphatic rings. The molecule has 2 N–H and O–H groups in total. The lowest BCUT2D eigenvalue weighted by Crippen LogP contribution is -2.23. The normalized spacial score (nSPS) is 20.2. The summed E-state index contributed by atoms with van der Waals surface area (Å²) in [5, 5.41) is 0. The van der Waals surface area contributed by atoms with Crippen LogP contribution >= 0.6 is 0 Å². The summed E-state index contributed by atoms with van der Waals surface area (Å²) in [6.45, 7) is 2.49. The number of benzene rings is 1. The van der Waals surface area contributed by atoms with Gasteiger partial charge in [0, 0.05) is 19.2 Å². The lowest BCUT2D eigenvalue weighted by molar-refractivity contribution is 0.413. The molecule has 1 unspecified atom stereocenters. The first-order valence-electron chi connectivity index (χ1n) is 5.53. The molecule has 0 spiro atoms. The first kappa shape index (κ1) is 11.2. The second-order valence-electron chi connectivity index (χ2n) is 4.15. The number of ether oxygens (including phenoxy) is 1. The van der Waals surface area contributed by atoms with Gasteiger partial charge >= 0.3 is 0 Å². The van der Waals surface area contributed by atoms with Gasteiger partial charge in [-0.1, -0.05) is 0 Å². The SMILES string of the molecule is COc1ccc(F)cc1N1CCC(CN)C1. The van der Waals surface area contributed by atoms with Gasteiger partial charge < -0.3 is 15.4 Å². The third-order valence-electron chi connectivity index (χ3n) is 3.10. The summed E-state index contributed by atoms with van der Waals surface area (Å²) in [5.41, 5.74) is 6.47. The van der Waals surface area contributed by atoms with Gasteiger partial charge in [0.25, 0.3) is 0 Å². The molecular weight excluding hydrogens is 207 g/mol. The van der Waals surface area contributed by atoms with Gasteiger partial charge in [0.05, 0.1) is 12.8 Å². The van der Waals surface area contributed by atoms with E-state index in [-0.39, 0.29) is 5.82 Å². The lowest BCUT2D eigenvalue weighted by Gasteiger charge is -2.21. The van der Waals surface area contributed by atoms with E-state index in [0.29, 0.717) is 12.5 Å². The maximum atomic E-state index is 13.2. The lowest BCUT2D eigenvalue weighted by atomic mass is 10.1. The van der Waals surface area contributed by atoms with Crippen LogP contribution in [0.4, 0.5) is 10.1 Å². The fraction of sp³-hybridized carbons (Fsp3) is 0.500. The third kappa shape index (κ3) is 2.11. The Bertz CT molecular complexity index is 370. The highest BCUT2D eigenvalue weighted by Gasteiger charge is 2.23. The van der Waals surface area contributed by atoms with Crippen LogP contribution in [-0.2, 0) is 0 Å². The average Bonchev–Trinajstić information content (AvgIpc) is 2.77. The second-order valence-corrected chi connectivity index (χ2v) is 4.15. The van der Waals surface area contributed by atoms with Crippen molar-refractivity contribution in [2.24, 2.45) is 11.7 Å². The van der Waals surface area contributed by atoms with Crippen molar-refractivity contribution in [3.05, 3.63) is 24.0 Å². The van der Waals surface area contributed by atoms with E-state index in [1.54, 1.807) is 13.2 Å². The fourth-order valence-electron chi connectivity index (χ4n) is 2.15. The molecule has 0 bridgehead atoms.